The van der Waals surface area contributed by atoms with E-state index < -0.39 is 107 Å². The van der Waals surface area contributed by atoms with E-state index in [4.69, 9.17) is 9.47 Å². The molecule has 0 bridgehead atoms. The molecule has 4 aromatic rings. The first-order valence-electron chi connectivity index (χ1n) is 33.9. The summed E-state index contributed by atoms with van der Waals surface area (Å²) in [5.41, 5.74) is 0.0713. The smallest absolute Gasteiger partial charge is 0.243 e. The molecule has 0 aliphatic carbocycles. The Balaban J connectivity index is 1.20. The monoisotopic (exact) mass is 1310 g/mol. The van der Waals surface area contributed by atoms with Crippen LogP contribution in [0.25, 0.3) is 0 Å². The molecule has 2 aliphatic rings. The van der Waals surface area contributed by atoms with Crippen molar-refractivity contribution in [3.05, 3.63) is 144 Å². The number of carbonyl (C=O) groups excluding carboxylic acids is 9. The van der Waals surface area contributed by atoms with Crippen molar-refractivity contribution in [3.63, 3.8) is 0 Å². The molecule has 1 unspecified atom stereocenters. The number of epoxide rings is 1. The average molecular weight is 1310 g/mol. The van der Waals surface area contributed by atoms with E-state index in [0.29, 0.717) is 51.1 Å². The highest BCUT2D eigenvalue weighted by Crippen LogP contribution is 2.30. The first kappa shape index (κ1) is 76.3. The highest BCUT2D eigenvalue weighted by Gasteiger charge is 2.50. The van der Waals surface area contributed by atoms with Crippen LogP contribution in [-0.4, -0.2) is 168 Å². The topological polar surface area (TPSA) is 295 Å². The highest BCUT2D eigenvalue weighted by atomic mass is 16.6. The lowest BCUT2D eigenvalue weighted by Gasteiger charge is -2.32. The fraction of sp³-hybridized carbons (Fsp3) is 0.554. The van der Waals surface area contributed by atoms with Crippen LogP contribution in [0.1, 0.15) is 130 Å². The third-order valence-corrected chi connectivity index (χ3v) is 17.1. The molecule has 0 spiro atoms. The Morgan fingerprint density at radius 3 is 1.22 bits per heavy atom. The van der Waals surface area contributed by atoms with Crippen molar-refractivity contribution in [2.45, 2.75) is 193 Å². The van der Waals surface area contributed by atoms with Crippen LogP contribution in [-0.2, 0) is 78.3 Å². The summed E-state index contributed by atoms with van der Waals surface area (Å²) >= 11 is 0. The van der Waals surface area contributed by atoms with E-state index in [9.17, 15) is 48.3 Å². The molecule has 4 aromatic carbocycles. The molecule has 7 amide bonds. The van der Waals surface area contributed by atoms with Gasteiger partial charge in [-0.05, 0) is 111 Å². The predicted octanol–water partition coefficient (Wildman–Crippen LogP) is 5.28. The molecule has 10 atom stereocenters. The largest absolute Gasteiger partial charge is 0.381 e. The van der Waals surface area contributed by atoms with Crippen LogP contribution >= 0.6 is 0 Å². The second-order valence-electron chi connectivity index (χ2n) is 27.8. The van der Waals surface area contributed by atoms with Gasteiger partial charge in [0, 0.05) is 32.5 Å². The summed E-state index contributed by atoms with van der Waals surface area (Å²) in [7, 11) is 0. The fourth-order valence-electron chi connectivity index (χ4n) is 11.7. The predicted molar refractivity (Wildman–Crippen MR) is 365 cm³/mol. The van der Waals surface area contributed by atoms with Crippen molar-refractivity contribution in [2.24, 2.45) is 23.7 Å². The molecule has 0 radical (unpaired) electrons. The van der Waals surface area contributed by atoms with Crippen LogP contribution in [0.3, 0.4) is 0 Å². The fourth-order valence-corrected chi connectivity index (χ4v) is 11.7. The molecule has 95 heavy (non-hydrogen) atoms. The molecule has 2 aliphatic heterocycles. The number of hydrogen-bond donors (Lipinski definition) is 9. The zero-order valence-electron chi connectivity index (χ0n) is 57.4. The van der Waals surface area contributed by atoms with Gasteiger partial charge in [-0.2, -0.15) is 0 Å². The molecule has 2 saturated heterocycles. The molecule has 6 rings (SSSR count). The van der Waals surface area contributed by atoms with Crippen molar-refractivity contribution in [1.29, 1.82) is 0 Å². The summed E-state index contributed by atoms with van der Waals surface area (Å²) in [6, 6.07) is 28.1. The first-order valence-corrected chi connectivity index (χ1v) is 33.9. The number of amides is 7. The molecule has 21 nitrogen and oxygen atoms in total. The van der Waals surface area contributed by atoms with Crippen molar-refractivity contribution < 1.29 is 57.7 Å². The number of benzene rings is 4. The van der Waals surface area contributed by atoms with Crippen molar-refractivity contribution in [3.8, 4) is 0 Å². The minimum Gasteiger partial charge on any atom is -0.381 e. The second kappa shape index (κ2) is 37.6. The lowest BCUT2D eigenvalue weighted by atomic mass is 9.89. The van der Waals surface area contributed by atoms with Gasteiger partial charge in [-0.3, -0.25) is 48.1 Å². The summed E-state index contributed by atoms with van der Waals surface area (Å²) in [6.45, 7) is 20.2. The van der Waals surface area contributed by atoms with Gasteiger partial charge in [0.25, 0.3) is 0 Å². The van der Waals surface area contributed by atoms with Gasteiger partial charge in [0.05, 0.1) is 44.5 Å². The Morgan fingerprint density at radius 2 is 0.800 bits per heavy atom. The van der Waals surface area contributed by atoms with Gasteiger partial charge in [0.1, 0.15) is 41.4 Å². The number of aliphatic hydroxyl groups is 1. The van der Waals surface area contributed by atoms with Gasteiger partial charge in [-0.1, -0.05) is 177 Å². The number of carbonyl (C=O) groups is 9. The van der Waals surface area contributed by atoms with Crippen LogP contribution in [0.5, 0.6) is 0 Å². The minimum absolute atomic E-state index is 0.0113. The number of nitrogens with zero attached hydrogens (tertiary/aromatic N) is 1. The number of nitrogens with one attached hydrogen (secondary N) is 8. The van der Waals surface area contributed by atoms with Gasteiger partial charge in [0.2, 0.25) is 41.4 Å². The van der Waals surface area contributed by atoms with Crippen molar-refractivity contribution in [1.82, 2.24) is 47.4 Å². The van der Waals surface area contributed by atoms with E-state index in [1.165, 1.54) is 6.92 Å². The number of morpholine rings is 1. The highest BCUT2D eigenvalue weighted by molar-refractivity contribution is 6.00. The maximum atomic E-state index is 14.9. The second-order valence-corrected chi connectivity index (χ2v) is 27.8. The Hall–Kier alpha value is -7.69. The Labute approximate surface area is 561 Å². The first-order chi connectivity index (χ1) is 45.2. The van der Waals surface area contributed by atoms with E-state index in [2.05, 4.69) is 42.5 Å². The number of rotatable bonds is 40. The van der Waals surface area contributed by atoms with Gasteiger partial charge >= 0.3 is 0 Å². The molecule has 0 saturated carbocycles. The normalized spacial score (nSPS) is 18.0. The number of aryl methyl sites for hydroxylation is 2. The number of Topliss-reactive ketones (excluding diaryl/α,β-unsaturated/α-hetero) is 2. The third kappa shape index (κ3) is 26.1. The summed E-state index contributed by atoms with van der Waals surface area (Å²) in [4.78, 5) is 132. The number of hydrogen-bond acceptors (Lipinski definition) is 14. The van der Waals surface area contributed by atoms with Crippen molar-refractivity contribution >= 4 is 52.9 Å². The molecular formula is C74H105N9O12. The lowest BCUT2D eigenvalue weighted by Crippen LogP contribution is -2.61. The lowest BCUT2D eigenvalue weighted by molar-refractivity contribution is -0.141. The zero-order chi connectivity index (χ0) is 69.2. The Bertz CT molecular complexity index is 3100. The standard InChI is InChI=1S/C74H105N9O12/c1-48(2)39-58(77-71(91)62(43-54-27-19-13-20-28-54)81-70(90)61(42-51(7)8)80-68(88)57(34-32-53-25-17-12-18-26-53)76-64(84)45-83-35-37-94-38-36-83)65(85)73(9,93)46-75-56(33-31-52-23-15-11-16-24-52)67(87)79-60(41-50(5)6)69(89)82-63(44-55-29-21-14-22-30-55)72(92)78-59(40-49(3)4)66(86)74(10)47-95-74/h11-30,48-51,56-63,75,93H,31-47H2,1-10H3,(H,76,84)(H,77,91)(H,78,92)(H,79,87)(H,80,88)(H,81,90)(H,82,89)/t56-,57-,58-,59-,60-,61-,62?,63-,73+,74+/m0/s1. The molecule has 0 aromatic heterocycles. The molecule has 518 valence electrons. The van der Waals surface area contributed by atoms with Gasteiger partial charge in [-0.15, -0.1) is 0 Å². The summed E-state index contributed by atoms with van der Waals surface area (Å²) in [5.74, 6) is -5.50. The minimum atomic E-state index is -2.22. The Morgan fingerprint density at radius 1 is 0.463 bits per heavy atom. The maximum Gasteiger partial charge on any atom is 0.243 e. The SMILES string of the molecule is CC(C)C[C@H](NC(=O)[C@H](CCc1ccccc1)NC(=O)CN1CCOCC1)C(=O)NC(Cc1ccccc1)C(=O)N[C@@H](CC(C)C)C(=O)[C@](C)(O)CN[C@@H](CCc1ccccc1)C(=O)N[C@@H](CC(C)C)C(=O)N[C@@H](Cc1ccccc1)C(=O)N[C@@H](CC(C)C)C(=O)[C@@]1(C)CO1. The number of ketones is 2. The van der Waals surface area contributed by atoms with Gasteiger partial charge < -0.3 is 57.1 Å². The third-order valence-electron chi connectivity index (χ3n) is 17.1. The quantitative estimate of drug-likeness (QED) is 0.0256. The van der Waals surface area contributed by atoms with Gasteiger partial charge in [-0.25, -0.2) is 0 Å². The van der Waals surface area contributed by atoms with E-state index in [-0.39, 0.29) is 93.5 Å². The number of ether oxygens (including phenoxy) is 2. The van der Waals surface area contributed by atoms with E-state index in [0.717, 1.165) is 16.7 Å². The van der Waals surface area contributed by atoms with E-state index >= 15 is 0 Å². The summed E-state index contributed by atoms with van der Waals surface area (Å²) in [5, 5.41) is 35.9. The van der Waals surface area contributed by atoms with Crippen LogP contribution in [0.4, 0.5) is 0 Å². The molecule has 21 heteroatoms. The molecule has 2 fully saturated rings. The van der Waals surface area contributed by atoms with Crippen LogP contribution in [0.2, 0.25) is 0 Å². The van der Waals surface area contributed by atoms with Crippen LogP contribution < -0.4 is 42.5 Å². The summed E-state index contributed by atoms with van der Waals surface area (Å²) in [6.07, 6.45) is 2.09. The molecule has 9 N–H and O–H groups in total. The summed E-state index contributed by atoms with van der Waals surface area (Å²) < 4.78 is 10.9. The van der Waals surface area contributed by atoms with E-state index in [1.54, 1.807) is 31.2 Å². The molecule has 2 heterocycles. The Kier molecular flexibility index (Phi) is 30.2. The maximum absolute atomic E-state index is 14.9. The average Bonchev–Trinajstić information content (AvgIpc) is 1.68. The zero-order valence-corrected chi connectivity index (χ0v) is 57.4. The van der Waals surface area contributed by atoms with Crippen LogP contribution in [0, 0.1) is 23.7 Å². The van der Waals surface area contributed by atoms with E-state index in [1.807, 2.05) is 157 Å². The van der Waals surface area contributed by atoms with Gasteiger partial charge in [0.15, 0.2) is 11.6 Å². The molecular weight excluding hydrogens is 1210 g/mol. The van der Waals surface area contributed by atoms with Crippen molar-refractivity contribution in [2.75, 3.05) is 46.0 Å². The van der Waals surface area contributed by atoms with Crippen LogP contribution in [0.15, 0.2) is 121 Å².